The van der Waals surface area contributed by atoms with Crippen LogP contribution in [-0.4, -0.2) is 46.8 Å². The number of fused-ring (bicyclic) bond motifs is 3. The summed E-state index contributed by atoms with van der Waals surface area (Å²) in [4.78, 5) is 0. The molecule has 1 aromatic heterocycles. The number of hydrogen-bond donors (Lipinski definition) is 1. The Morgan fingerprint density at radius 1 is 1.04 bits per heavy atom. The molecule has 4 rings (SSSR count). The standard InChI is InChI=1S/C19H20F2N2O3S/c1-19(24,11-22-7-2-8-27(22,25)26)12-23-17-5-3-13(20)9-15(17)16-10-14(21)4-6-18(16)23/h3-6,9-10,24H,2,7-8,11-12H2,1H3. The van der Waals surface area contributed by atoms with Crippen LogP contribution in [0.4, 0.5) is 8.78 Å². The van der Waals surface area contributed by atoms with E-state index in [-0.39, 0.29) is 18.8 Å². The fourth-order valence-electron chi connectivity index (χ4n) is 3.86. The highest BCUT2D eigenvalue weighted by Gasteiger charge is 2.35. The van der Waals surface area contributed by atoms with Crippen LogP contribution >= 0.6 is 0 Å². The van der Waals surface area contributed by atoms with Crippen LogP contribution in [0, 0.1) is 11.6 Å². The Morgan fingerprint density at radius 2 is 1.59 bits per heavy atom. The molecule has 0 radical (unpaired) electrons. The van der Waals surface area contributed by atoms with Crippen LogP contribution in [0.1, 0.15) is 13.3 Å². The summed E-state index contributed by atoms with van der Waals surface area (Å²) in [6, 6.07) is 8.48. The predicted molar refractivity (Wildman–Crippen MR) is 100.0 cm³/mol. The minimum Gasteiger partial charge on any atom is -0.387 e. The third-order valence-corrected chi connectivity index (χ3v) is 6.91. The molecular weight excluding hydrogens is 374 g/mol. The summed E-state index contributed by atoms with van der Waals surface area (Å²) >= 11 is 0. The average molecular weight is 394 g/mol. The number of halogens is 2. The van der Waals surface area contributed by atoms with Gasteiger partial charge in [-0.05, 0) is 49.7 Å². The van der Waals surface area contributed by atoms with Crippen molar-refractivity contribution in [1.29, 1.82) is 0 Å². The van der Waals surface area contributed by atoms with Gasteiger partial charge in [0.25, 0.3) is 0 Å². The van der Waals surface area contributed by atoms with E-state index in [0.717, 1.165) is 0 Å². The van der Waals surface area contributed by atoms with Crippen molar-refractivity contribution in [2.45, 2.75) is 25.5 Å². The number of β-amino-alcohol motifs (C(OH)–C–C–N with tert-alkyl or cyclic N) is 1. The van der Waals surface area contributed by atoms with Crippen molar-refractivity contribution in [2.75, 3.05) is 18.8 Å². The molecular formula is C19H20F2N2O3S. The minimum absolute atomic E-state index is 0.0289. The molecule has 1 unspecified atom stereocenters. The zero-order valence-electron chi connectivity index (χ0n) is 14.8. The Morgan fingerprint density at radius 3 is 2.07 bits per heavy atom. The molecule has 1 aliphatic heterocycles. The van der Waals surface area contributed by atoms with Gasteiger partial charge in [0.15, 0.2) is 0 Å². The maximum Gasteiger partial charge on any atom is 0.214 e. The molecule has 1 atom stereocenters. The van der Waals surface area contributed by atoms with Gasteiger partial charge in [0, 0.05) is 34.9 Å². The van der Waals surface area contributed by atoms with Crippen molar-refractivity contribution in [3.8, 4) is 0 Å². The summed E-state index contributed by atoms with van der Waals surface area (Å²) in [5.74, 6) is -0.765. The summed E-state index contributed by atoms with van der Waals surface area (Å²) in [5.41, 5.74) is -0.0397. The van der Waals surface area contributed by atoms with Gasteiger partial charge in [-0.25, -0.2) is 17.2 Å². The monoisotopic (exact) mass is 394 g/mol. The van der Waals surface area contributed by atoms with E-state index >= 15 is 0 Å². The highest BCUT2D eigenvalue weighted by Crippen LogP contribution is 2.32. The smallest absolute Gasteiger partial charge is 0.214 e. The third-order valence-electron chi connectivity index (χ3n) is 5.01. The number of sulfonamides is 1. The van der Waals surface area contributed by atoms with E-state index in [2.05, 4.69) is 0 Å². The number of hydrogen-bond acceptors (Lipinski definition) is 3. The molecule has 2 aromatic carbocycles. The maximum atomic E-state index is 13.7. The van der Waals surface area contributed by atoms with Crippen LogP contribution in [0.2, 0.25) is 0 Å². The lowest BCUT2D eigenvalue weighted by atomic mass is 10.1. The first-order valence-corrected chi connectivity index (χ1v) is 10.3. The highest BCUT2D eigenvalue weighted by molar-refractivity contribution is 7.89. The number of aromatic nitrogens is 1. The molecule has 1 aliphatic rings. The molecule has 0 saturated carbocycles. The summed E-state index contributed by atoms with van der Waals surface area (Å²) in [5, 5.41) is 12.0. The molecule has 0 spiro atoms. The van der Waals surface area contributed by atoms with E-state index in [9.17, 15) is 22.3 Å². The molecule has 1 fully saturated rings. The fraction of sp³-hybridized carbons (Fsp3) is 0.368. The molecule has 1 N–H and O–H groups in total. The van der Waals surface area contributed by atoms with E-state index in [1.807, 2.05) is 0 Å². The summed E-state index contributed by atoms with van der Waals surface area (Å²) in [7, 11) is -3.33. The largest absolute Gasteiger partial charge is 0.387 e. The first-order chi connectivity index (χ1) is 12.7. The van der Waals surface area contributed by atoms with Crippen molar-refractivity contribution in [1.82, 2.24) is 8.87 Å². The van der Waals surface area contributed by atoms with Crippen LogP contribution < -0.4 is 0 Å². The number of rotatable bonds is 4. The van der Waals surface area contributed by atoms with Crippen LogP contribution in [0.3, 0.4) is 0 Å². The highest BCUT2D eigenvalue weighted by atomic mass is 32.2. The van der Waals surface area contributed by atoms with Crippen LogP contribution in [0.15, 0.2) is 36.4 Å². The fourth-order valence-corrected chi connectivity index (χ4v) is 5.49. The van der Waals surface area contributed by atoms with Gasteiger partial charge in [-0.3, -0.25) is 0 Å². The van der Waals surface area contributed by atoms with E-state index < -0.39 is 27.3 Å². The lowest BCUT2D eigenvalue weighted by molar-refractivity contribution is 0.0276. The van der Waals surface area contributed by atoms with Crippen LogP contribution in [-0.2, 0) is 16.6 Å². The van der Waals surface area contributed by atoms with Gasteiger partial charge < -0.3 is 9.67 Å². The Labute approximate surface area is 155 Å². The minimum atomic E-state index is -3.33. The Kier molecular flexibility index (Phi) is 4.25. The molecule has 0 bridgehead atoms. The van der Waals surface area contributed by atoms with Gasteiger partial charge in [0.2, 0.25) is 10.0 Å². The Bertz CT molecular complexity index is 1080. The van der Waals surface area contributed by atoms with Crippen molar-refractivity contribution in [3.63, 3.8) is 0 Å². The lowest BCUT2D eigenvalue weighted by Gasteiger charge is -2.29. The maximum absolute atomic E-state index is 13.7. The van der Waals surface area contributed by atoms with E-state index in [4.69, 9.17) is 0 Å². The first-order valence-electron chi connectivity index (χ1n) is 8.74. The van der Waals surface area contributed by atoms with Crippen molar-refractivity contribution < 1.29 is 22.3 Å². The molecule has 27 heavy (non-hydrogen) atoms. The first kappa shape index (κ1) is 18.3. The molecule has 8 heteroatoms. The zero-order chi connectivity index (χ0) is 19.4. The lowest BCUT2D eigenvalue weighted by Crippen LogP contribution is -2.44. The van der Waals surface area contributed by atoms with Gasteiger partial charge in [-0.15, -0.1) is 0 Å². The molecule has 3 aromatic rings. The SMILES string of the molecule is CC(O)(CN1CCCS1(=O)=O)Cn1c2ccc(F)cc2c2cc(F)ccc21. The van der Waals surface area contributed by atoms with E-state index in [0.29, 0.717) is 34.8 Å². The normalized spacial score (nSPS) is 19.7. The van der Waals surface area contributed by atoms with Gasteiger partial charge in [-0.1, -0.05) is 0 Å². The van der Waals surface area contributed by atoms with Crippen LogP contribution in [0.5, 0.6) is 0 Å². The van der Waals surface area contributed by atoms with E-state index in [1.54, 1.807) is 23.6 Å². The quantitative estimate of drug-likeness (QED) is 0.740. The topological polar surface area (TPSA) is 62.5 Å². The molecule has 144 valence electrons. The van der Waals surface area contributed by atoms with Gasteiger partial charge in [0.1, 0.15) is 11.6 Å². The van der Waals surface area contributed by atoms with Gasteiger partial charge in [0.05, 0.1) is 17.9 Å². The Hall–Kier alpha value is -2.03. The van der Waals surface area contributed by atoms with Gasteiger partial charge in [-0.2, -0.15) is 4.31 Å². The van der Waals surface area contributed by atoms with E-state index in [1.165, 1.54) is 28.6 Å². The summed E-state index contributed by atoms with van der Waals surface area (Å²) in [6.45, 7) is 2.03. The second-order valence-corrected chi connectivity index (χ2v) is 9.50. The zero-order valence-corrected chi connectivity index (χ0v) is 15.6. The third kappa shape index (κ3) is 3.33. The van der Waals surface area contributed by atoms with Gasteiger partial charge >= 0.3 is 0 Å². The Balaban J connectivity index is 1.78. The molecule has 2 heterocycles. The van der Waals surface area contributed by atoms with Crippen LogP contribution in [0.25, 0.3) is 21.8 Å². The second-order valence-electron chi connectivity index (χ2n) is 7.41. The predicted octanol–water partition coefficient (Wildman–Crippen LogP) is 2.86. The summed E-state index contributed by atoms with van der Waals surface area (Å²) in [6.07, 6.45) is 0.548. The van der Waals surface area contributed by atoms with Crippen molar-refractivity contribution in [2.24, 2.45) is 0 Å². The second kappa shape index (κ2) is 6.25. The van der Waals surface area contributed by atoms with Crippen molar-refractivity contribution >= 4 is 31.8 Å². The number of benzene rings is 2. The molecule has 1 saturated heterocycles. The molecule has 0 amide bonds. The molecule has 5 nitrogen and oxygen atoms in total. The average Bonchev–Trinajstić information content (AvgIpc) is 3.04. The van der Waals surface area contributed by atoms with Crippen molar-refractivity contribution in [3.05, 3.63) is 48.0 Å². The molecule has 0 aliphatic carbocycles. The number of nitrogens with zero attached hydrogens (tertiary/aromatic N) is 2. The summed E-state index contributed by atoms with van der Waals surface area (Å²) < 4.78 is 54.7. The number of aliphatic hydroxyl groups is 1.